The summed E-state index contributed by atoms with van der Waals surface area (Å²) in [5, 5.41) is 15.2. The zero-order valence-corrected chi connectivity index (χ0v) is 20.8. The van der Waals surface area contributed by atoms with Gasteiger partial charge in [0.1, 0.15) is 5.82 Å². The number of aromatic nitrogens is 5. The zero-order valence-electron chi connectivity index (χ0n) is 20.8. The minimum Gasteiger partial charge on any atom is -0.383 e. The van der Waals surface area contributed by atoms with E-state index in [9.17, 15) is 9.59 Å². The van der Waals surface area contributed by atoms with Crippen molar-refractivity contribution in [1.29, 1.82) is 0 Å². The lowest BCUT2D eigenvalue weighted by atomic mass is 10.0. The average Bonchev–Trinajstić information content (AvgIpc) is 3.69. The number of likely N-dealkylation sites (tertiary alicyclic amines) is 1. The number of carbonyl (C=O) groups excluding carboxylic acids is 2. The van der Waals surface area contributed by atoms with E-state index >= 15 is 0 Å². The highest BCUT2D eigenvalue weighted by Gasteiger charge is 2.29. The van der Waals surface area contributed by atoms with Crippen LogP contribution in [0.2, 0.25) is 0 Å². The van der Waals surface area contributed by atoms with Crippen molar-refractivity contribution in [3.8, 4) is 22.3 Å². The van der Waals surface area contributed by atoms with Crippen LogP contribution in [0.5, 0.6) is 0 Å². The van der Waals surface area contributed by atoms with Crippen molar-refractivity contribution in [3.63, 3.8) is 0 Å². The molecule has 0 aliphatic carbocycles. The predicted molar refractivity (Wildman–Crippen MR) is 144 cm³/mol. The molecule has 190 valence electrons. The maximum Gasteiger partial charge on any atom is 0.255 e. The normalized spacial score (nSPS) is 15.2. The van der Waals surface area contributed by atoms with Gasteiger partial charge in [-0.2, -0.15) is 10.2 Å². The van der Waals surface area contributed by atoms with Crippen LogP contribution in [0.15, 0.2) is 73.3 Å². The quantitative estimate of drug-likeness (QED) is 0.335. The van der Waals surface area contributed by atoms with Crippen LogP contribution >= 0.6 is 0 Å². The van der Waals surface area contributed by atoms with Crippen molar-refractivity contribution in [2.24, 2.45) is 7.05 Å². The number of amides is 2. The molecule has 1 aliphatic rings. The van der Waals surface area contributed by atoms with Gasteiger partial charge in [0.15, 0.2) is 0 Å². The topological polar surface area (TPSA) is 135 Å². The van der Waals surface area contributed by atoms with Crippen LogP contribution < -0.4 is 11.1 Å². The summed E-state index contributed by atoms with van der Waals surface area (Å²) in [5.41, 5.74) is 11.6. The molecule has 5 aromatic rings. The number of nitrogen functional groups attached to an aromatic ring is 1. The van der Waals surface area contributed by atoms with E-state index in [-0.39, 0.29) is 23.7 Å². The Morgan fingerprint density at radius 2 is 1.82 bits per heavy atom. The van der Waals surface area contributed by atoms with Crippen LogP contribution in [0.4, 0.5) is 5.82 Å². The lowest BCUT2D eigenvalue weighted by Gasteiger charge is -2.18. The molecule has 0 bridgehead atoms. The molecule has 0 saturated carbocycles. The molecule has 2 amide bonds. The number of anilines is 1. The molecule has 10 nitrogen and oxygen atoms in total. The SMILES string of the molecule is Cn1cc(-c2cnc(N)c(C(=O)NC3CCN(C(=O)c4ccc(-c5ccc6[nH]ncc6c5)cc4)C3)c2)cn1. The Hall–Kier alpha value is -4.99. The van der Waals surface area contributed by atoms with Gasteiger partial charge in [-0.15, -0.1) is 0 Å². The fourth-order valence-corrected chi connectivity index (χ4v) is 4.82. The lowest BCUT2D eigenvalue weighted by molar-refractivity contribution is 0.0783. The lowest BCUT2D eigenvalue weighted by Crippen LogP contribution is -2.38. The number of aromatic amines is 1. The van der Waals surface area contributed by atoms with Crippen LogP contribution in [-0.2, 0) is 7.05 Å². The van der Waals surface area contributed by atoms with E-state index in [1.807, 2.05) is 49.6 Å². The maximum atomic E-state index is 13.2. The highest BCUT2D eigenvalue weighted by Crippen LogP contribution is 2.25. The summed E-state index contributed by atoms with van der Waals surface area (Å²) in [6.07, 6.45) is 7.64. The van der Waals surface area contributed by atoms with E-state index in [1.54, 1.807) is 34.2 Å². The smallest absolute Gasteiger partial charge is 0.255 e. The number of benzene rings is 2. The number of aryl methyl sites for hydroxylation is 1. The van der Waals surface area contributed by atoms with Gasteiger partial charge in [0.05, 0.1) is 23.5 Å². The first-order valence-electron chi connectivity index (χ1n) is 12.3. The molecule has 4 heterocycles. The van der Waals surface area contributed by atoms with E-state index in [0.717, 1.165) is 33.2 Å². The Morgan fingerprint density at radius 1 is 1.00 bits per heavy atom. The summed E-state index contributed by atoms with van der Waals surface area (Å²) in [4.78, 5) is 32.2. The number of hydrogen-bond donors (Lipinski definition) is 3. The van der Waals surface area contributed by atoms with Crippen molar-refractivity contribution in [2.75, 3.05) is 18.8 Å². The third-order valence-corrected chi connectivity index (χ3v) is 6.92. The fourth-order valence-electron chi connectivity index (χ4n) is 4.82. The van der Waals surface area contributed by atoms with E-state index in [1.165, 1.54) is 0 Å². The minimum atomic E-state index is -0.306. The first-order valence-corrected chi connectivity index (χ1v) is 12.3. The Kier molecular flexibility index (Phi) is 5.83. The van der Waals surface area contributed by atoms with Crippen LogP contribution in [0.1, 0.15) is 27.1 Å². The van der Waals surface area contributed by atoms with Gasteiger partial charge in [-0.1, -0.05) is 18.2 Å². The van der Waals surface area contributed by atoms with Crippen molar-refractivity contribution in [2.45, 2.75) is 12.5 Å². The van der Waals surface area contributed by atoms with Gasteiger partial charge in [-0.05, 0) is 47.9 Å². The molecule has 0 spiro atoms. The van der Waals surface area contributed by atoms with E-state index in [2.05, 4.69) is 31.7 Å². The molecule has 1 saturated heterocycles. The molecular formula is C28H26N8O2. The molecule has 1 fully saturated rings. The Morgan fingerprint density at radius 3 is 2.61 bits per heavy atom. The summed E-state index contributed by atoms with van der Waals surface area (Å²) in [5.74, 6) is -0.203. The number of fused-ring (bicyclic) bond motifs is 1. The van der Waals surface area contributed by atoms with Crippen molar-refractivity contribution in [3.05, 3.63) is 84.4 Å². The van der Waals surface area contributed by atoms with Crippen LogP contribution in [0.3, 0.4) is 0 Å². The summed E-state index contributed by atoms with van der Waals surface area (Å²) in [7, 11) is 1.82. The largest absolute Gasteiger partial charge is 0.383 e. The second-order valence-corrected chi connectivity index (χ2v) is 9.52. The molecular weight excluding hydrogens is 480 g/mol. The van der Waals surface area contributed by atoms with Gasteiger partial charge in [-0.25, -0.2) is 4.98 Å². The summed E-state index contributed by atoms with van der Waals surface area (Å²) < 4.78 is 1.68. The van der Waals surface area contributed by atoms with E-state index in [0.29, 0.717) is 30.6 Å². The molecule has 1 atom stereocenters. The molecule has 0 radical (unpaired) electrons. The van der Waals surface area contributed by atoms with Gasteiger partial charge in [-0.3, -0.25) is 19.4 Å². The second-order valence-electron chi connectivity index (χ2n) is 9.52. The standard InChI is InChI=1S/C28H26N8O2/c1-35-15-22(14-32-35)20-11-24(26(29)30-12-20)27(37)33-23-8-9-36(16-23)28(38)18-4-2-17(3-5-18)19-6-7-25-21(10-19)13-31-34-25/h2-7,10-15,23H,8-9,16H2,1H3,(H2,29,30)(H,31,34)(H,33,37). The Bertz CT molecular complexity index is 1650. The molecule has 6 rings (SSSR count). The van der Waals surface area contributed by atoms with Crippen LogP contribution in [-0.4, -0.2) is 60.8 Å². The highest BCUT2D eigenvalue weighted by molar-refractivity contribution is 6.00. The third kappa shape index (κ3) is 4.47. The predicted octanol–water partition coefficient (Wildman–Crippen LogP) is 3.25. The third-order valence-electron chi connectivity index (χ3n) is 6.92. The number of nitrogens with one attached hydrogen (secondary N) is 2. The van der Waals surface area contributed by atoms with E-state index < -0.39 is 0 Å². The molecule has 1 aliphatic heterocycles. The van der Waals surface area contributed by atoms with Gasteiger partial charge >= 0.3 is 0 Å². The summed E-state index contributed by atoms with van der Waals surface area (Å²) in [6, 6.07) is 15.2. The number of rotatable bonds is 5. The first kappa shape index (κ1) is 23.4. The van der Waals surface area contributed by atoms with Crippen molar-refractivity contribution in [1.82, 2.24) is 35.2 Å². The number of nitrogens with zero attached hydrogens (tertiary/aromatic N) is 5. The molecule has 1 unspecified atom stereocenters. The number of H-pyrrole nitrogens is 1. The maximum absolute atomic E-state index is 13.2. The minimum absolute atomic E-state index is 0.0571. The van der Waals surface area contributed by atoms with Gasteiger partial charge < -0.3 is 16.0 Å². The monoisotopic (exact) mass is 506 g/mol. The van der Waals surface area contributed by atoms with Crippen molar-refractivity contribution >= 4 is 28.5 Å². The van der Waals surface area contributed by atoms with Gasteiger partial charge in [0.2, 0.25) is 0 Å². The molecule has 10 heteroatoms. The second kappa shape index (κ2) is 9.47. The number of pyridine rings is 1. The fraction of sp³-hybridized carbons (Fsp3) is 0.179. The van der Waals surface area contributed by atoms with Gasteiger partial charge in [0.25, 0.3) is 11.8 Å². The molecule has 2 aromatic carbocycles. The van der Waals surface area contributed by atoms with Crippen LogP contribution in [0, 0.1) is 0 Å². The molecule has 3 aromatic heterocycles. The summed E-state index contributed by atoms with van der Waals surface area (Å²) in [6.45, 7) is 0.991. The highest BCUT2D eigenvalue weighted by atomic mass is 16.2. The van der Waals surface area contributed by atoms with Crippen molar-refractivity contribution < 1.29 is 9.59 Å². The summed E-state index contributed by atoms with van der Waals surface area (Å²) >= 11 is 0. The number of nitrogens with two attached hydrogens (primary N) is 1. The van der Waals surface area contributed by atoms with Gasteiger partial charge in [0, 0.05) is 60.6 Å². The number of carbonyl (C=O) groups is 2. The zero-order chi connectivity index (χ0) is 26.2. The first-order chi connectivity index (χ1) is 18.4. The Balaban J connectivity index is 1.10. The van der Waals surface area contributed by atoms with Crippen LogP contribution in [0.25, 0.3) is 33.2 Å². The molecule has 4 N–H and O–H groups in total. The molecule has 38 heavy (non-hydrogen) atoms. The Labute approximate surface area is 218 Å². The average molecular weight is 507 g/mol. The number of hydrogen-bond acceptors (Lipinski definition) is 6. The van der Waals surface area contributed by atoms with E-state index in [4.69, 9.17) is 5.73 Å².